The van der Waals surface area contributed by atoms with Gasteiger partial charge in [-0.2, -0.15) is 0 Å². The van der Waals surface area contributed by atoms with E-state index in [2.05, 4.69) is 53.4 Å². The van der Waals surface area contributed by atoms with Crippen LogP contribution in [0.25, 0.3) is 0 Å². The number of hydrogen-bond acceptors (Lipinski definition) is 1. The summed E-state index contributed by atoms with van der Waals surface area (Å²) in [5.41, 5.74) is 0.564. The van der Waals surface area contributed by atoms with Crippen molar-refractivity contribution in [1.82, 2.24) is 4.90 Å². The van der Waals surface area contributed by atoms with Crippen LogP contribution in [0.3, 0.4) is 0 Å². The van der Waals surface area contributed by atoms with Crippen LogP contribution in [-0.2, 0) is 0 Å². The normalized spacial score (nSPS) is 13.6. The van der Waals surface area contributed by atoms with Gasteiger partial charge in [0.2, 0.25) is 0 Å². The van der Waals surface area contributed by atoms with E-state index in [1.54, 1.807) is 0 Å². The van der Waals surface area contributed by atoms with Crippen molar-refractivity contribution >= 4 is 0 Å². The van der Waals surface area contributed by atoms with Gasteiger partial charge in [-0.1, -0.05) is 26.2 Å². The van der Waals surface area contributed by atoms with Crippen LogP contribution < -0.4 is 0 Å². The van der Waals surface area contributed by atoms with Crippen LogP contribution in [0.4, 0.5) is 0 Å². The maximum absolute atomic E-state index is 2.62. The van der Waals surface area contributed by atoms with E-state index < -0.39 is 0 Å². The molecule has 0 saturated heterocycles. The van der Waals surface area contributed by atoms with Gasteiger partial charge in [-0.15, -0.1) is 0 Å². The Balaban J connectivity index is 4.17. The molecule has 0 aliphatic heterocycles. The Bertz CT molecular complexity index is 145. The average Bonchev–Trinajstić information content (AvgIpc) is 1.99. The van der Waals surface area contributed by atoms with E-state index >= 15 is 0 Å². The molecular weight excluding hydrogens is 182 g/mol. The molecule has 0 aromatic carbocycles. The van der Waals surface area contributed by atoms with Crippen LogP contribution in [0.2, 0.25) is 0 Å². The van der Waals surface area contributed by atoms with Crippen LogP contribution in [0.5, 0.6) is 0 Å². The second kappa shape index (κ2) is 5.89. The minimum absolute atomic E-state index is 0.282. The third kappa shape index (κ3) is 6.19. The lowest BCUT2D eigenvalue weighted by molar-refractivity contribution is 0.0367. The van der Waals surface area contributed by atoms with Gasteiger partial charge in [0.15, 0.2) is 0 Å². The molecule has 0 aliphatic carbocycles. The Morgan fingerprint density at radius 1 is 0.733 bits per heavy atom. The molecule has 0 aromatic rings. The summed E-state index contributed by atoms with van der Waals surface area (Å²) in [4.78, 5) is 2.62. The van der Waals surface area contributed by atoms with Crippen LogP contribution in [0.1, 0.15) is 74.1 Å². The molecule has 1 nitrogen and oxygen atoms in total. The summed E-state index contributed by atoms with van der Waals surface area (Å²) in [6.45, 7) is 17.4. The Morgan fingerprint density at radius 3 is 1.53 bits per heavy atom. The summed E-state index contributed by atoms with van der Waals surface area (Å²) in [5, 5.41) is 0. The minimum Gasteiger partial charge on any atom is -0.294 e. The largest absolute Gasteiger partial charge is 0.294 e. The number of nitrogens with zero attached hydrogens (tertiary/aromatic N) is 1. The first-order chi connectivity index (χ1) is 6.69. The fourth-order valence-corrected chi connectivity index (χ4v) is 2.37. The Kier molecular flexibility index (Phi) is 5.87. The molecular formula is C14H31N. The first-order valence-electron chi connectivity index (χ1n) is 6.47. The summed E-state index contributed by atoms with van der Waals surface area (Å²) >= 11 is 0. The van der Waals surface area contributed by atoms with Gasteiger partial charge < -0.3 is 0 Å². The van der Waals surface area contributed by atoms with Gasteiger partial charge in [-0.3, -0.25) is 4.90 Å². The first kappa shape index (κ1) is 15.0. The van der Waals surface area contributed by atoms with E-state index in [1.165, 1.54) is 32.2 Å². The quantitative estimate of drug-likeness (QED) is 0.609. The lowest BCUT2D eigenvalue weighted by Gasteiger charge is -2.45. The number of unbranched alkanes of at least 4 members (excludes halogenated alkanes) is 3. The van der Waals surface area contributed by atoms with Gasteiger partial charge in [0.05, 0.1) is 0 Å². The summed E-state index contributed by atoms with van der Waals surface area (Å²) in [6.07, 6.45) is 5.41. The van der Waals surface area contributed by atoms with Crippen LogP contribution in [0.15, 0.2) is 0 Å². The van der Waals surface area contributed by atoms with Gasteiger partial charge in [-0.25, -0.2) is 0 Å². The maximum atomic E-state index is 2.62. The minimum atomic E-state index is 0.282. The van der Waals surface area contributed by atoms with Gasteiger partial charge in [0.1, 0.15) is 0 Å². The zero-order chi connectivity index (χ0) is 12.1. The van der Waals surface area contributed by atoms with Crippen molar-refractivity contribution in [3.05, 3.63) is 0 Å². The highest BCUT2D eigenvalue weighted by molar-refractivity contribution is 4.86. The summed E-state index contributed by atoms with van der Waals surface area (Å²) in [6, 6.07) is 0. The molecule has 0 bridgehead atoms. The van der Waals surface area contributed by atoms with E-state index in [9.17, 15) is 0 Å². The molecule has 0 unspecified atom stereocenters. The Labute approximate surface area is 97.2 Å². The fraction of sp³-hybridized carbons (Fsp3) is 1.00. The van der Waals surface area contributed by atoms with Gasteiger partial charge in [-0.05, 0) is 54.5 Å². The Hall–Kier alpha value is -0.0400. The molecule has 0 heterocycles. The third-order valence-corrected chi connectivity index (χ3v) is 2.85. The summed E-state index contributed by atoms with van der Waals surface area (Å²) in [7, 11) is 0. The van der Waals surface area contributed by atoms with Crippen LogP contribution in [-0.4, -0.2) is 22.5 Å². The molecule has 0 aliphatic rings. The second-order valence-corrected chi connectivity index (χ2v) is 6.55. The molecule has 0 saturated carbocycles. The highest BCUT2D eigenvalue weighted by Gasteiger charge is 2.30. The van der Waals surface area contributed by atoms with Crippen LogP contribution in [0, 0.1) is 0 Å². The SMILES string of the molecule is CCCCCCN(C(C)(C)C)C(C)(C)C. The summed E-state index contributed by atoms with van der Waals surface area (Å²) in [5.74, 6) is 0. The predicted molar refractivity (Wildman–Crippen MR) is 70.4 cm³/mol. The predicted octanol–water partition coefficient (Wildman–Crippen LogP) is 4.47. The van der Waals surface area contributed by atoms with Gasteiger partial charge in [0.25, 0.3) is 0 Å². The fourth-order valence-electron chi connectivity index (χ4n) is 2.37. The van der Waals surface area contributed by atoms with Crippen molar-refractivity contribution in [2.24, 2.45) is 0 Å². The number of hydrogen-bond donors (Lipinski definition) is 0. The standard InChI is InChI=1S/C14H31N/c1-8-9-10-11-12-15(13(2,3)4)14(5,6)7/h8-12H2,1-7H3. The van der Waals surface area contributed by atoms with E-state index in [1.807, 2.05) is 0 Å². The van der Waals surface area contributed by atoms with Crippen molar-refractivity contribution in [3.63, 3.8) is 0 Å². The van der Waals surface area contributed by atoms with E-state index in [4.69, 9.17) is 0 Å². The smallest absolute Gasteiger partial charge is 0.0130 e. The van der Waals surface area contributed by atoms with Crippen molar-refractivity contribution < 1.29 is 0 Å². The van der Waals surface area contributed by atoms with E-state index in [0.29, 0.717) is 0 Å². The lowest BCUT2D eigenvalue weighted by Crippen LogP contribution is -2.52. The molecule has 0 amide bonds. The topological polar surface area (TPSA) is 3.24 Å². The molecule has 15 heavy (non-hydrogen) atoms. The summed E-state index contributed by atoms with van der Waals surface area (Å²) < 4.78 is 0. The zero-order valence-corrected chi connectivity index (χ0v) is 12.0. The molecule has 0 aromatic heterocycles. The zero-order valence-electron chi connectivity index (χ0n) is 12.0. The molecule has 0 radical (unpaired) electrons. The van der Waals surface area contributed by atoms with Gasteiger partial charge >= 0.3 is 0 Å². The van der Waals surface area contributed by atoms with Crippen LogP contribution >= 0.6 is 0 Å². The average molecular weight is 213 g/mol. The van der Waals surface area contributed by atoms with Gasteiger partial charge in [0, 0.05) is 11.1 Å². The molecule has 0 N–H and O–H groups in total. The molecule has 0 atom stereocenters. The molecule has 92 valence electrons. The molecule has 0 fully saturated rings. The lowest BCUT2D eigenvalue weighted by atomic mass is 9.95. The van der Waals surface area contributed by atoms with Crippen molar-refractivity contribution in [3.8, 4) is 0 Å². The van der Waals surface area contributed by atoms with Crippen molar-refractivity contribution in [1.29, 1.82) is 0 Å². The third-order valence-electron chi connectivity index (χ3n) is 2.85. The molecule has 1 heteroatoms. The number of rotatable bonds is 5. The highest BCUT2D eigenvalue weighted by atomic mass is 15.2. The first-order valence-corrected chi connectivity index (χ1v) is 6.47. The maximum Gasteiger partial charge on any atom is 0.0130 e. The molecule has 0 rings (SSSR count). The van der Waals surface area contributed by atoms with Crippen molar-refractivity contribution in [2.45, 2.75) is 85.2 Å². The van der Waals surface area contributed by atoms with E-state index in [-0.39, 0.29) is 11.1 Å². The van der Waals surface area contributed by atoms with Crippen molar-refractivity contribution in [2.75, 3.05) is 6.54 Å². The second-order valence-electron chi connectivity index (χ2n) is 6.55. The highest BCUT2D eigenvalue weighted by Crippen LogP contribution is 2.25. The van der Waals surface area contributed by atoms with E-state index in [0.717, 1.165) is 0 Å². The molecule has 0 spiro atoms. The monoisotopic (exact) mass is 213 g/mol. The Morgan fingerprint density at radius 2 is 1.20 bits per heavy atom.